The molecule has 26 heavy (non-hydrogen) atoms. The second kappa shape index (κ2) is 9.40. The summed E-state index contributed by atoms with van der Waals surface area (Å²) >= 11 is 0. The zero-order valence-electron chi connectivity index (χ0n) is 15.5. The summed E-state index contributed by atoms with van der Waals surface area (Å²) in [7, 11) is 5.31. The van der Waals surface area contributed by atoms with E-state index in [0.29, 0.717) is 31.1 Å². The Labute approximate surface area is 153 Å². The molecule has 0 fully saturated rings. The lowest BCUT2D eigenvalue weighted by atomic mass is 10.1. The van der Waals surface area contributed by atoms with E-state index < -0.39 is 0 Å². The van der Waals surface area contributed by atoms with Crippen LogP contribution in [0.1, 0.15) is 16.8 Å². The summed E-state index contributed by atoms with van der Waals surface area (Å²) in [5, 5.41) is 11.4. The Kier molecular flexibility index (Phi) is 7.23. The number of hydrogen-bond donors (Lipinski definition) is 2. The Hall–Kier alpha value is -2.32. The molecular formula is C18H27N3O5. The van der Waals surface area contributed by atoms with Gasteiger partial charge in [0.05, 0.1) is 38.0 Å². The summed E-state index contributed by atoms with van der Waals surface area (Å²) in [5.41, 5.74) is 1.38. The van der Waals surface area contributed by atoms with Crippen LogP contribution >= 0.6 is 0 Å². The molecule has 1 aliphatic rings. The van der Waals surface area contributed by atoms with Gasteiger partial charge in [-0.15, -0.1) is 0 Å². The van der Waals surface area contributed by atoms with Crippen molar-refractivity contribution < 1.29 is 24.2 Å². The average molecular weight is 365 g/mol. The van der Waals surface area contributed by atoms with Gasteiger partial charge in [0.1, 0.15) is 12.4 Å². The fourth-order valence-corrected chi connectivity index (χ4v) is 2.71. The van der Waals surface area contributed by atoms with Gasteiger partial charge in [0.25, 0.3) is 5.91 Å². The number of nitrogens with one attached hydrogen (secondary N) is 1. The molecule has 2 amide bonds. The van der Waals surface area contributed by atoms with Gasteiger partial charge in [-0.2, -0.15) is 0 Å². The standard InChI is InChI=1S/C18H27N3O5/c1-20(2)18(24)13-4-5-16-15(10-13)21(3)14(12-26-16)11-17(23)19-6-8-25-9-7-22/h4-5,10,14,22H,6-9,11-12H2,1-3H3,(H,19,23)/t14-/m0/s1. The van der Waals surface area contributed by atoms with Crippen molar-refractivity contribution in [3.63, 3.8) is 0 Å². The van der Waals surface area contributed by atoms with Crippen LogP contribution in [-0.4, -0.2) is 82.0 Å². The number of ether oxygens (including phenoxy) is 2. The molecule has 0 unspecified atom stereocenters. The smallest absolute Gasteiger partial charge is 0.253 e. The number of aliphatic hydroxyl groups is 1. The number of likely N-dealkylation sites (N-methyl/N-ethyl adjacent to an activating group) is 1. The highest BCUT2D eigenvalue weighted by molar-refractivity contribution is 5.95. The maximum Gasteiger partial charge on any atom is 0.253 e. The Morgan fingerprint density at radius 3 is 2.85 bits per heavy atom. The van der Waals surface area contributed by atoms with E-state index in [1.807, 2.05) is 11.9 Å². The quantitative estimate of drug-likeness (QED) is 0.635. The fraction of sp³-hybridized carbons (Fsp3) is 0.556. The second-order valence-corrected chi connectivity index (χ2v) is 6.35. The monoisotopic (exact) mass is 365 g/mol. The second-order valence-electron chi connectivity index (χ2n) is 6.35. The van der Waals surface area contributed by atoms with E-state index >= 15 is 0 Å². The molecule has 0 spiro atoms. The minimum absolute atomic E-state index is 0.0319. The summed E-state index contributed by atoms with van der Waals surface area (Å²) in [6.45, 7) is 1.39. The number of hydrogen-bond acceptors (Lipinski definition) is 6. The van der Waals surface area contributed by atoms with Crippen molar-refractivity contribution in [3.8, 4) is 5.75 Å². The Morgan fingerprint density at radius 1 is 1.38 bits per heavy atom. The van der Waals surface area contributed by atoms with Gasteiger partial charge in [-0.3, -0.25) is 9.59 Å². The molecule has 0 aliphatic carbocycles. The molecule has 2 N–H and O–H groups in total. The maximum absolute atomic E-state index is 12.2. The average Bonchev–Trinajstić information content (AvgIpc) is 2.63. The van der Waals surface area contributed by atoms with Crippen molar-refractivity contribution in [2.24, 2.45) is 0 Å². The Bertz CT molecular complexity index is 635. The summed E-state index contributed by atoms with van der Waals surface area (Å²) < 4.78 is 10.9. The van der Waals surface area contributed by atoms with Gasteiger partial charge >= 0.3 is 0 Å². The first-order chi connectivity index (χ1) is 12.4. The van der Waals surface area contributed by atoms with E-state index in [-0.39, 0.29) is 37.5 Å². The molecule has 0 saturated carbocycles. The predicted octanol–water partition coefficient (Wildman–Crippen LogP) is 0.101. The summed E-state index contributed by atoms with van der Waals surface area (Å²) in [4.78, 5) is 27.8. The molecule has 144 valence electrons. The van der Waals surface area contributed by atoms with E-state index in [1.165, 1.54) is 4.90 Å². The van der Waals surface area contributed by atoms with E-state index in [1.54, 1.807) is 32.3 Å². The summed E-state index contributed by atoms with van der Waals surface area (Å²) in [6, 6.07) is 5.21. The minimum Gasteiger partial charge on any atom is -0.489 e. The highest BCUT2D eigenvalue weighted by Gasteiger charge is 2.27. The molecule has 1 aromatic carbocycles. The molecule has 1 aliphatic heterocycles. The SMILES string of the molecule is CN(C)C(=O)c1ccc2c(c1)N(C)[C@@H](CC(=O)NCCOCCO)CO2. The highest BCUT2D eigenvalue weighted by Crippen LogP contribution is 2.34. The van der Waals surface area contributed by atoms with Crippen LogP contribution in [0.25, 0.3) is 0 Å². The minimum atomic E-state index is -0.120. The molecule has 8 nitrogen and oxygen atoms in total. The molecule has 8 heteroatoms. The summed E-state index contributed by atoms with van der Waals surface area (Å²) in [5.74, 6) is 0.530. The number of nitrogens with zero attached hydrogens (tertiary/aromatic N) is 2. The molecule has 0 aromatic heterocycles. The molecule has 2 rings (SSSR count). The van der Waals surface area contributed by atoms with Crippen molar-refractivity contribution in [2.45, 2.75) is 12.5 Å². The van der Waals surface area contributed by atoms with Crippen molar-refractivity contribution in [3.05, 3.63) is 23.8 Å². The van der Waals surface area contributed by atoms with Crippen molar-refractivity contribution in [1.29, 1.82) is 0 Å². The first kappa shape index (κ1) is 20.0. The van der Waals surface area contributed by atoms with Crippen LogP contribution in [0, 0.1) is 0 Å². The molecule has 0 bridgehead atoms. The molecule has 1 heterocycles. The van der Waals surface area contributed by atoms with Gasteiger partial charge in [0.15, 0.2) is 0 Å². The van der Waals surface area contributed by atoms with Crippen LogP contribution in [0.2, 0.25) is 0 Å². The van der Waals surface area contributed by atoms with Crippen LogP contribution < -0.4 is 15.0 Å². The number of amides is 2. The number of anilines is 1. The lowest BCUT2D eigenvalue weighted by Gasteiger charge is -2.35. The zero-order valence-corrected chi connectivity index (χ0v) is 15.5. The molecule has 1 aromatic rings. The van der Waals surface area contributed by atoms with Crippen LogP contribution in [0.5, 0.6) is 5.75 Å². The van der Waals surface area contributed by atoms with Crippen LogP contribution in [0.3, 0.4) is 0 Å². The lowest BCUT2D eigenvalue weighted by molar-refractivity contribution is -0.121. The number of rotatable bonds is 8. The Balaban J connectivity index is 1.95. The summed E-state index contributed by atoms with van der Waals surface area (Å²) in [6.07, 6.45) is 0.280. The van der Waals surface area contributed by atoms with Crippen molar-refractivity contribution in [2.75, 3.05) is 59.0 Å². The number of aliphatic hydroxyl groups excluding tert-OH is 1. The predicted molar refractivity (Wildman–Crippen MR) is 97.7 cm³/mol. The zero-order chi connectivity index (χ0) is 19.1. The van der Waals surface area contributed by atoms with Crippen molar-refractivity contribution >= 4 is 17.5 Å². The first-order valence-corrected chi connectivity index (χ1v) is 8.60. The maximum atomic E-state index is 12.2. The molecule has 0 saturated heterocycles. The van der Waals surface area contributed by atoms with Crippen LogP contribution in [0.4, 0.5) is 5.69 Å². The largest absolute Gasteiger partial charge is 0.489 e. The number of fused-ring (bicyclic) bond motifs is 1. The van der Waals surface area contributed by atoms with Gasteiger partial charge < -0.3 is 29.7 Å². The lowest BCUT2D eigenvalue weighted by Crippen LogP contribution is -2.44. The van der Waals surface area contributed by atoms with Crippen LogP contribution in [0.15, 0.2) is 18.2 Å². The van der Waals surface area contributed by atoms with E-state index in [4.69, 9.17) is 14.6 Å². The fourth-order valence-electron chi connectivity index (χ4n) is 2.71. The number of carbonyl (C=O) groups excluding carboxylic acids is 2. The molecule has 0 radical (unpaired) electrons. The van der Waals surface area contributed by atoms with E-state index in [0.717, 1.165) is 5.69 Å². The van der Waals surface area contributed by atoms with E-state index in [9.17, 15) is 9.59 Å². The third kappa shape index (κ3) is 5.09. The highest BCUT2D eigenvalue weighted by atomic mass is 16.5. The first-order valence-electron chi connectivity index (χ1n) is 8.60. The molecular weight excluding hydrogens is 338 g/mol. The van der Waals surface area contributed by atoms with Gasteiger partial charge in [0.2, 0.25) is 5.91 Å². The Morgan fingerprint density at radius 2 is 2.15 bits per heavy atom. The third-order valence-electron chi connectivity index (χ3n) is 4.20. The third-order valence-corrected chi connectivity index (χ3v) is 4.20. The topological polar surface area (TPSA) is 91.3 Å². The molecule has 1 atom stereocenters. The van der Waals surface area contributed by atoms with Gasteiger partial charge in [-0.05, 0) is 18.2 Å². The number of benzene rings is 1. The van der Waals surface area contributed by atoms with Gasteiger partial charge in [-0.1, -0.05) is 0 Å². The normalized spacial score (nSPS) is 15.8. The van der Waals surface area contributed by atoms with Gasteiger partial charge in [0, 0.05) is 33.3 Å². The van der Waals surface area contributed by atoms with Crippen LogP contribution in [-0.2, 0) is 9.53 Å². The van der Waals surface area contributed by atoms with Gasteiger partial charge in [-0.25, -0.2) is 0 Å². The van der Waals surface area contributed by atoms with E-state index in [2.05, 4.69) is 5.32 Å². The number of carbonyl (C=O) groups is 2. The van der Waals surface area contributed by atoms with Crippen molar-refractivity contribution in [1.82, 2.24) is 10.2 Å².